The Kier molecular flexibility index (Phi) is 8.57. The summed E-state index contributed by atoms with van der Waals surface area (Å²) >= 11 is 0. The normalized spacial score (nSPS) is 12.1. The molecule has 0 aliphatic heterocycles. The third-order valence-electron chi connectivity index (χ3n) is 4.92. The van der Waals surface area contributed by atoms with E-state index in [9.17, 15) is 0 Å². The summed E-state index contributed by atoms with van der Waals surface area (Å²) in [6.07, 6.45) is 6.05. The molecule has 0 N–H and O–H groups in total. The summed E-state index contributed by atoms with van der Waals surface area (Å²) in [4.78, 5) is 0. The maximum atomic E-state index is 5.79. The summed E-state index contributed by atoms with van der Waals surface area (Å²) in [6.45, 7) is 13.8. The molecule has 1 aromatic rings. The largest absolute Gasteiger partial charge is 0.496 e. The van der Waals surface area contributed by atoms with Crippen molar-refractivity contribution in [2.24, 2.45) is 5.92 Å². The predicted molar refractivity (Wildman–Crippen MR) is 109 cm³/mol. The second kappa shape index (κ2) is 9.66. The average Bonchev–Trinajstić information content (AvgIpc) is 2.55. The van der Waals surface area contributed by atoms with Gasteiger partial charge < -0.3 is 9.47 Å². The number of hydrogen-bond donors (Lipinski definition) is 0. The zero-order chi connectivity index (χ0) is 18.3. The Hall–Kier alpha value is -0.750. The van der Waals surface area contributed by atoms with Gasteiger partial charge in [0.2, 0.25) is 0 Å². The molecule has 1 aromatic carbocycles. The second-order valence-electron chi connectivity index (χ2n) is 7.57. The van der Waals surface area contributed by atoms with Gasteiger partial charge in [-0.3, -0.25) is 0 Å². The molecule has 0 heterocycles. The van der Waals surface area contributed by atoms with Crippen molar-refractivity contribution in [3.05, 3.63) is 17.7 Å². The molecule has 0 fully saturated rings. The first-order valence-electron chi connectivity index (χ1n) is 9.32. The standard InChI is InChI=1S/C21H37O2P/c1-9-24(10-2)20-18(22-7)14-17(15-19(20)23-8)21(5,6)13-11-12-16(3)4/h14-16H,9-13H2,1-8H3. The van der Waals surface area contributed by atoms with Gasteiger partial charge >= 0.3 is 0 Å². The molecule has 0 saturated heterocycles. The monoisotopic (exact) mass is 352 g/mol. The maximum absolute atomic E-state index is 5.79. The molecular weight excluding hydrogens is 315 g/mol. The highest BCUT2D eigenvalue weighted by molar-refractivity contribution is 7.66. The van der Waals surface area contributed by atoms with E-state index in [2.05, 4.69) is 53.7 Å². The molecule has 0 saturated carbocycles. The van der Waals surface area contributed by atoms with Crippen LogP contribution >= 0.6 is 7.92 Å². The molecule has 0 aliphatic carbocycles. The topological polar surface area (TPSA) is 18.5 Å². The maximum Gasteiger partial charge on any atom is 0.130 e. The van der Waals surface area contributed by atoms with E-state index in [1.165, 1.54) is 30.1 Å². The van der Waals surface area contributed by atoms with Crippen LogP contribution in [0.25, 0.3) is 0 Å². The average molecular weight is 352 g/mol. The molecule has 2 nitrogen and oxygen atoms in total. The van der Waals surface area contributed by atoms with Crippen molar-refractivity contribution >= 4 is 13.2 Å². The summed E-state index contributed by atoms with van der Waals surface area (Å²) in [7, 11) is 3.35. The summed E-state index contributed by atoms with van der Waals surface area (Å²) in [5.41, 5.74) is 1.46. The van der Waals surface area contributed by atoms with Crippen molar-refractivity contribution in [2.75, 3.05) is 26.5 Å². The van der Waals surface area contributed by atoms with Crippen molar-refractivity contribution in [2.45, 2.75) is 66.2 Å². The van der Waals surface area contributed by atoms with Crippen LogP contribution in [0.4, 0.5) is 0 Å². The van der Waals surface area contributed by atoms with Crippen LogP contribution < -0.4 is 14.8 Å². The Balaban J connectivity index is 3.21. The number of rotatable bonds is 10. The van der Waals surface area contributed by atoms with E-state index < -0.39 is 0 Å². The van der Waals surface area contributed by atoms with Crippen LogP contribution in [-0.2, 0) is 5.41 Å². The van der Waals surface area contributed by atoms with Gasteiger partial charge in [-0.25, -0.2) is 0 Å². The predicted octanol–water partition coefficient (Wildman–Crippen LogP) is 5.95. The van der Waals surface area contributed by atoms with E-state index in [4.69, 9.17) is 9.47 Å². The number of benzene rings is 1. The van der Waals surface area contributed by atoms with Crippen molar-refractivity contribution in [3.8, 4) is 11.5 Å². The zero-order valence-corrected chi connectivity index (χ0v) is 17.9. The first kappa shape index (κ1) is 21.3. The molecular formula is C21H37O2P. The van der Waals surface area contributed by atoms with Gasteiger partial charge in [0.25, 0.3) is 0 Å². The quantitative estimate of drug-likeness (QED) is 0.484. The molecule has 24 heavy (non-hydrogen) atoms. The Morgan fingerprint density at radius 2 is 1.50 bits per heavy atom. The van der Waals surface area contributed by atoms with Gasteiger partial charge in [0, 0.05) is 0 Å². The van der Waals surface area contributed by atoms with E-state index in [-0.39, 0.29) is 13.3 Å². The van der Waals surface area contributed by atoms with Crippen LogP contribution in [0, 0.1) is 5.92 Å². The van der Waals surface area contributed by atoms with Crippen LogP contribution in [0.2, 0.25) is 0 Å². The molecule has 3 heteroatoms. The van der Waals surface area contributed by atoms with Gasteiger partial charge in [-0.15, -0.1) is 0 Å². The van der Waals surface area contributed by atoms with Crippen LogP contribution in [0.3, 0.4) is 0 Å². The van der Waals surface area contributed by atoms with Crippen molar-refractivity contribution < 1.29 is 9.47 Å². The summed E-state index contributed by atoms with van der Waals surface area (Å²) in [5, 5.41) is 1.29. The highest BCUT2D eigenvalue weighted by Gasteiger charge is 2.26. The fraction of sp³-hybridized carbons (Fsp3) is 0.714. The molecule has 0 radical (unpaired) electrons. The van der Waals surface area contributed by atoms with Gasteiger partial charge in [-0.05, 0) is 47.8 Å². The summed E-state index contributed by atoms with van der Waals surface area (Å²) in [5.74, 6) is 2.79. The molecule has 0 unspecified atom stereocenters. The Labute approximate surface area is 151 Å². The molecule has 0 amide bonds. The van der Waals surface area contributed by atoms with Gasteiger partial charge in [0.15, 0.2) is 0 Å². The third-order valence-corrected chi connectivity index (χ3v) is 7.52. The summed E-state index contributed by atoms with van der Waals surface area (Å²) < 4.78 is 11.6. The van der Waals surface area contributed by atoms with E-state index in [0.29, 0.717) is 0 Å². The Morgan fingerprint density at radius 1 is 1.00 bits per heavy atom. The molecule has 0 atom stereocenters. The molecule has 1 rings (SSSR count). The first-order valence-corrected chi connectivity index (χ1v) is 11.0. The fourth-order valence-corrected chi connectivity index (χ4v) is 5.25. The minimum atomic E-state index is -0.222. The van der Waals surface area contributed by atoms with Crippen LogP contribution in [0.5, 0.6) is 11.5 Å². The molecule has 0 aromatic heterocycles. The lowest BCUT2D eigenvalue weighted by atomic mass is 9.79. The lowest BCUT2D eigenvalue weighted by molar-refractivity contribution is 0.389. The smallest absolute Gasteiger partial charge is 0.130 e. The number of hydrogen-bond acceptors (Lipinski definition) is 2. The third kappa shape index (κ3) is 5.38. The van der Waals surface area contributed by atoms with E-state index in [1.807, 2.05) is 0 Å². The number of methoxy groups -OCH3 is 2. The minimum absolute atomic E-state index is 0.134. The lowest BCUT2D eigenvalue weighted by Crippen LogP contribution is -2.20. The van der Waals surface area contributed by atoms with Crippen molar-refractivity contribution in [1.29, 1.82) is 0 Å². The highest BCUT2D eigenvalue weighted by Crippen LogP contribution is 2.43. The fourth-order valence-electron chi connectivity index (χ4n) is 3.23. The van der Waals surface area contributed by atoms with E-state index in [0.717, 1.165) is 29.7 Å². The van der Waals surface area contributed by atoms with Crippen molar-refractivity contribution in [1.82, 2.24) is 0 Å². The highest BCUT2D eigenvalue weighted by atomic mass is 31.1. The van der Waals surface area contributed by atoms with Gasteiger partial charge in [-0.1, -0.05) is 62.3 Å². The van der Waals surface area contributed by atoms with Gasteiger partial charge in [-0.2, -0.15) is 0 Å². The molecule has 0 bridgehead atoms. The van der Waals surface area contributed by atoms with Gasteiger partial charge in [0.1, 0.15) is 11.5 Å². The molecule has 0 spiro atoms. The first-order chi connectivity index (χ1) is 11.3. The lowest BCUT2D eigenvalue weighted by Gasteiger charge is -2.29. The summed E-state index contributed by atoms with van der Waals surface area (Å²) in [6, 6.07) is 4.52. The Morgan fingerprint density at radius 3 is 1.88 bits per heavy atom. The van der Waals surface area contributed by atoms with Gasteiger partial charge in [0.05, 0.1) is 19.5 Å². The second-order valence-corrected chi connectivity index (χ2v) is 10.4. The SMILES string of the molecule is CCP(CC)c1c(OC)cc(C(C)(C)CCCC(C)C)cc1OC. The minimum Gasteiger partial charge on any atom is -0.496 e. The van der Waals surface area contributed by atoms with E-state index >= 15 is 0 Å². The van der Waals surface area contributed by atoms with Crippen LogP contribution in [-0.4, -0.2) is 26.5 Å². The molecule has 138 valence electrons. The van der Waals surface area contributed by atoms with E-state index in [1.54, 1.807) is 14.2 Å². The van der Waals surface area contributed by atoms with Crippen LogP contribution in [0.1, 0.15) is 66.4 Å². The van der Waals surface area contributed by atoms with Crippen LogP contribution in [0.15, 0.2) is 12.1 Å². The number of ether oxygens (including phenoxy) is 2. The molecule has 0 aliphatic rings. The zero-order valence-electron chi connectivity index (χ0n) is 17.0. The van der Waals surface area contributed by atoms with Crippen molar-refractivity contribution in [3.63, 3.8) is 0 Å². The Bertz CT molecular complexity index is 480.